The van der Waals surface area contributed by atoms with Crippen LogP contribution in [-0.4, -0.2) is 58.5 Å². The van der Waals surface area contributed by atoms with Gasteiger partial charge < -0.3 is 15.4 Å². The molecule has 1 saturated heterocycles. The lowest BCUT2D eigenvalue weighted by Gasteiger charge is -2.28. The Labute approximate surface area is 146 Å². The summed E-state index contributed by atoms with van der Waals surface area (Å²) in [5, 5.41) is 17.4. The summed E-state index contributed by atoms with van der Waals surface area (Å²) >= 11 is 0. The average Bonchev–Trinajstić information content (AvgIpc) is 3.26. The fraction of sp³-hybridized carbons (Fsp3) is 0.467. The van der Waals surface area contributed by atoms with E-state index in [-0.39, 0.29) is 23.9 Å². The normalized spacial score (nSPS) is 19.7. The van der Waals surface area contributed by atoms with Crippen molar-refractivity contribution in [2.45, 2.75) is 18.4 Å². The minimum Gasteiger partial charge on any atom is -0.383 e. The summed E-state index contributed by atoms with van der Waals surface area (Å²) < 4.78 is 6.83. The first-order chi connectivity index (χ1) is 11.2. The number of nitrogens with one attached hydrogen (secondary N) is 2. The lowest BCUT2D eigenvalue weighted by Crippen LogP contribution is -2.52. The van der Waals surface area contributed by atoms with Gasteiger partial charge in [-0.05, 0) is 54.1 Å². The fourth-order valence-corrected chi connectivity index (χ4v) is 2.87. The number of hydrogen-bond acceptors (Lipinski definition) is 6. The van der Waals surface area contributed by atoms with Crippen molar-refractivity contribution in [3.8, 4) is 5.69 Å². The molecule has 0 spiro atoms. The molecule has 1 aromatic carbocycles. The number of carbonyl (C=O) groups excluding carboxylic acids is 1. The Bertz CT molecular complexity index is 640. The number of carbonyl (C=O) groups is 1. The van der Waals surface area contributed by atoms with Gasteiger partial charge in [0.2, 0.25) is 0 Å². The number of nitrogens with zero attached hydrogens (tertiary/aromatic N) is 4. The summed E-state index contributed by atoms with van der Waals surface area (Å²) in [7, 11) is 1.68. The van der Waals surface area contributed by atoms with Gasteiger partial charge in [-0.25, -0.2) is 4.68 Å². The van der Waals surface area contributed by atoms with Crippen LogP contribution in [0.15, 0.2) is 30.6 Å². The molecule has 1 amide bonds. The second-order valence-electron chi connectivity index (χ2n) is 5.73. The summed E-state index contributed by atoms with van der Waals surface area (Å²) in [6.07, 6.45) is 3.61. The maximum absolute atomic E-state index is 12.3. The van der Waals surface area contributed by atoms with Gasteiger partial charge in [0, 0.05) is 19.2 Å². The molecule has 9 heteroatoms. The Kier molecular flexibility index (Phi) is 6.24. The highest BCUT2D eigenvalue weighted by atomic mass is 35.5. The molecular formula is C15H21ClN6O2. The topological polar surface area (TPSA) is 94.0 Å². The van der Waals surface area contributed by atoms with Crippen molar-refractivity contribution in [2.75, 3.05) is 26.8 Å². The lowest BCUT2D eigenvalue weighted by atomic mass is 9.98. The fourth-order valence-electron chi connectivity index (χ4n) is 2.87. The molecule has 2 N–H and O–H groups in total. The van der Waals surface area contributed by atoms with Crippen LogP contribution in [0, 0.1) is 0 Å². The van der Waals surface area contributed by atoms with Gasteiger partial charge in [-0.3, -0.25) is 4.79 Å². The van der Waals surface area contributed by atoms with E-state index >= 15 is 0 Å². The van der Waals surface area contributed by atoms with Crippen LogP contribution in [0.2, 0.25) is 0 Å². The molecule has 1 aromatic heterocycles. The van der Waals surface area contributed by atoms with E-state index in [1.54, 1.807) is 19.2 Å². The predicted octanol–water partition coefficient (Wildman–Crippen LogP) is 0.582. The molecular weight excluding hydrogens is 332 g/mol. The molecule has 24 heavy (non-hydrogen) atoms. The van der Waals surface area contributed by atoms with E-state index < -0.39 is 0 Å². The number of ether oxygens (including phenoxy) is 1. The number of methoxy groups -OCH3 is 1. The molecule has 1 unspecified atom stereocenters. The van der Waals surface area contributed by atoms with E-state index in [0.29, 0.717) is 18.7 Å². The van der Waals surface area contributed by atoms with Crippen LogP contribution in [0.4, 0.5) is 0 Å². The first kappa shape index (κ1) is 18.3. The summed E-state index contributed by atoms with van der Waals surface area (Å²) in [5.74, 6) is -0.0996. The van der Waals surface area contributed by atoms with E-state index in [1.165, 1.54) is 11.0 Å². The predicted molar refractivity (Wildman–Crippen MR) is 90.6 cm³/mol. The van der Waals surface area contributed by atoms with E-state index in [0.717, 1.165) is 25.1 Å². The van der Waals surface area contributed by atoms with Gasteiger partial charge in [-0.1, -0.05) is 0 Å². The zero-order valence-corrected chi connectivity index (χ0v) is 14.3. The molecule has 1 aliphatic rings. The van der Waals surface area contributed by atoms with Crippen molar-refractivity contribution < 1.29 is 9.53 Å². The molecule has 2 heterocycles. The summed E-state index contributed by atoms with van der Waals surface area (Å²) in [6, 6.07) is 7.14. The molecule has 0 bridgehead atoms. The molecule has 130 valence electrons. The minimum atomic E-state index is -0.156. The Morgan fingerprint density at radius 1 is 1.42 bits per heavy atom. The summed E-state index contributed by atoms with van der Waals surface area (Å²) in [6.45, 7) is 2.10. The number of tetrazole rings is 1. The van der Waals surface area contributed by atoms with Crippen LogP contribution < -0.4 is 10.6 Å². The smallest absolute Gasteiger partial charge is 0.251 e. The molecule has 1 fully saturated rings. The average molecular weight is 353 g/mol. The van der Waals surface area contributed by atoms with E-state index in [4.69, 9.17) is 4.74 Å². The number of halogens is 1. The molecule has 0 aliphatic carbocycles. The summed E-state index contributed by atoms with van der Waals surface area (Å²) in [5.41, 5.74) is 1.25. The monoisotopic (exact) mass is 352 g/mol. The first-order valence-electron chi connectivity index (χ1n) is 7.58. The van der Waals surface area contributed by atoms with Crippen LogP contribution in [0.3, 0.4) is 0 Å². The summed E-state index contributed by atoms with van der Waals surface area (Å²) in [4.78, 5) is 12.3. The molecule has 0 saturated carbocycles. The van der Waals surface area contributed by atoms with Gasteiger partial charge in [-0.15, -0.1) is 17.5 Å². The Morgan fingerprint density at radius 2 is 2.21 bits per heavy atom. The van der Waals surface area contributed by atoms with Gasteiger partial charge in [0.25, 0.3) is 5.91 Å². The third-order valence-electron chi connectivity index (χ3n) is 4.08. The van der Waals surface area contributed by atoms with E-state index in [9.17, 15) is 4.79 Å². The number of rotatable bonds is 6. The molecule has 1 aliphatic heterocycles. The molecule has 3 rings (SSSR count). The number of aromatic nitrogens is 4. The second kappa shape index (κ2) is 8.18. The highest BCUT2D eigenvalue weighted by molar-refractivity contribution is 5.94. The molecule has 1 atom stereocenters. The van der Waals surface area contributed by atoms with Crippen LogP contribution in [-0.2, 0) is 4.74 Å². The Morgan fingerprint density at radius 3 is 2.79 bits per heavy atom. The SMILES string of the molecule is COCC1(CNC(=O)c2ccc(-n3cnnn3)cc2)CCCN1.Cl. The number of benzene rings is 1. The maximum atomic E-state index is 12.3. The van der Waals surface area contributed by atoms with Gasteiger partial charge in [0.05, 0.1) is 17.8 Å². The van der Waals surface area contributed by atoms with E-state index in [2.05, 4.69) is 26.2 Å². The quantitative estimate of drug-likeness (QED) is 0.790. The standard InChI is InChI=1S/C15H20N6O2.ClH/c1-23-10-15(7-2-8-17-15)9-16-14(22)12-3-5-13(6-4-12)21-11-18-19-20-21;/h3-6,11,17H,2,7-10H2,1H3,(H,16,22);1H. The Hall–Kier alpha value is -2.03. The van der Waals surface area contributed by atoms with Crippen molar-refractivity contribution in [3.05, 3.63) is 36.2 Å². The van der Waals surface area contributed by atoms with Crippen LogP contribution in [0.5, 0.6) is 0 Å². The zero-order valence-electron chi connectivity index (χ0n) is 13.4. The van der Waals surface area contributed by atoms with Crippen molar-refractivity contribution in [2.24, 2.45) is 0 Å². The van der Waals surface area contributed by atoms with Crippen LogP contribution in [0.1, 0.15) is 23.2 Å². The van der Waals surface area contributed by atoms with Crippen molar-refractivity contribution >= 4 is 18.3 Å². The van der Waals surface area contributed by atoms with Crippen molar-refractivity contribution in [1.29, 1.82) is 0 Å². The first-order valence-corrected chi connectivity index (χ1v) is 7.58. The van der Waals surface area contributed by atoms with Gasteiger partial charge in [0.1, 0.15) is 6.33 Å². The largest absolute Gasteiger partial charge is 0.383 e. The van der Waals surface area contributed by atoms with E-state index in [1.807, 2.05) is 12.1 Å². The zero-order chi connectivity index (χ0) is 16.1. The Balaban J connectivity index is 0.00000208. The number of amides is 1. The lowest BCUT2D eigenvalue weighted by molar-refractivity contribution is 0.0892. The highest BCUT2D eigenvalue weighted by Gasteiger charge is 2.33. The molecule has 8 nitrogen and oxygen atoms in total. The third kappa shape index (κ3) is 4.08. The van der Waals surface area contributed by atoms with Crippen molar-refractivity contribution in [3.63, 3.8) is 0 Å². The van der Waals surface area contributed by atoms with Gasteiger partial charge in [-0.2, -0.15) is 0 Å². The van der Waals surface area contributed by atoms with Crippen LogP contribution in [0.25, 0.3) is 5.69 Å². The van der Waals surface area contributed by atoms with Gasteiger partial charge in [0.15, 0.2) is 0 Å². The third-order valence-corrected chi connectivity index (χ3v) is 4.08. The van der Waals surface area contributed by atoms with Crippen molar-refractivity contribution in [1.82, 2.24) is 30.8 Å². The van der Waals surface area contributed by atoms with Crippen LogP contribution >= 0.6 is 12.4 Å². The minimum absolute atomic E-state index is 0. The van der Waals surface area contributed by atoms with Gasteiger partial charge >= 0.3 is 0 Å². The maximum Gasteiger partial charge on any atom is 0.251 e. The second-order valence-corrected chi connectivity index (χ2v) is 5.73. The molecule has 0 radical (unpaired) electrons. The molecule has 2 aromatic rings. The highest BCUT2D eigenvalue weighted by Crippen LogP contribution is 2.19. The number of hydrogen-bond donors (Lipinski definition) is 2.